The summed E-state index contributed by atoms with van der Waals surface area (Å²) in [7, 11) is 0. The Labute approximate surface area is 66.9 Å². The zero-order valence-electron chi connectivity index (χ0n) is 6.71. The first-order chi connectivity index (χ1) is 5.42. The minimum Gasteiger partial charge on any atom is -0.378 e. The smallest absolute Gasteiger partial charge is 0.121 e. The average molecular weight is 154 g/mol. The van der Waals surface area contributed by atoms with Crippen molar-refractivity contribution in [1.82, 2.24) is 0 Å². The average Bonchev–Trinajstić information content (AvgIpc) is 2.75. The van der Waals surface area contributed by atoms with Gasteiger partial charge in [0.2, 0.25) is 0 Å². The maximum absolute atomic E-state index is 5.74. The summed E-state index contributed by atoms with van der Waals surface area (Å²) in [6.07, 6.45) is 5.83. The molecule has 0 aromatic rings. The van der Waals surface area contributed by atoms with E-state index < -0.39 is 0 Å². The first-order valence-electron chi connectivity index (χ1n) is 4.67. The van der Waals surface area contributed by atoms with Gasteiger partial charge in [0.15, 0.2) is 0 Å². The van der Waals surface area contributed by atoms with Crippen molar-refractivity contribution in [2.75, 3.05) is 13.2 Å². The Bertz CT molecular complexity index is 178. The summed E-state index contributed by atoms with van der Waals surface area (Å²) in [6, 6.07) is 0. The van der Waals surface area contributed by atoms with E-state index in [1.807, 2.05) is 0 Å². The largest absolute Gasteiger partial charge is 0.378 e. The van der Waals surface area contributed by atoms with Crippen LogP contribution in [0.2, 0.25) is 0 Å². The van der Waals surface area contributed by atoms with E-state index in [0.29, 0.717) is 6.10 Å². The van der Waals surface area contributed by atoms with Gasteiger partial charge in [-0.25, -0.2) is 0 Å². The maximum Gasteiger partial charge on any atom is 0.121 e. The molecular formula is C9H14O2. The molecule has 3 rings (SSSR count). The molecule has 2 aliphatic heterocycles. The number of epoxide rings is 1. The summed E-state index contributed by atoms with van der Waals surface area (Å²) < 4.78 is 11.2. The lowest BCUT2D eigenvalue weighted by Crippen LogP contribution is -2.40. The zero-order chi connectivity index (χ0) is 7.31. The Morgan fingerprint density at radius 2 is 2.18 bits per heavy atom. The summed E-state index contributed by atoms with van der Waals surface area (Å²) >= 11 is 0. The molecule has 3 atom stereocenters. The normalized spacial score (nSPS) is 54.5. The van der Waals surface area contributed by atoms with Gasteiger partial charge in [0.05, 0.1) is 12.7 Å². The third kappa shape index (κ3) is 0.744. The number of hydrogen-bond acceptors (Lipinski definition) is 2. The second-order valence-corrected chi connectivity index (χ2v) is 4.03. The molecule has 1 saturated carbocycles. The Kier molecular flexibility index (Phi) is 1.16. The van der Waals surface area contributed by atoms with E-state index in [4.69, 9.17) is 9.47 Å². The topological polar surface area (TPSA) is 21.8 Å². The van der Waals surface area contributed by atoms with Crippen molar-refractivity contribution in [1.29, 1.82) is 0 Å². The fourth-order valence-electron chi connectivity index (χ4n) is 2.78. The molecule has 3 aliphatic rings. The lowest BCUT2D eigenvalue weighted by molar-refractivity contribution is -0.00926. The van der Waals surface area contributed by atoms with Crippen LogP contribution in [0.1, 0.15) is 25.7 Å². The fourth-order valence-corrected chi connectivity index (χ4v) is 2.78. The van der Waals surface area contributed by atoms with Crippen LogP contribution >= 0.6 is 0 Å². The highest BCUT2D eigenvalue weighted by Crippen LogP contribution is 2.54. The van der Waals surface area contributed by atoms with Gasteiger partial charge in [-0.2, -0.15) is 0 Å². The Morgan fingerprint density at radius 1 is 1.18 bits per heavy atom. The second kappa shape index (κ2) is 1.99. The van der Waals surface area contributed by atoms with Gasteiger partial charge in [-0.05, 0) is 25.2 Å². The number of rotatable bonds is 0. The number of ether oxygens (including phenoxy) is 2. The minimum atomic E-state index is 0.219. The van der Waals surface area contributed by atoms with Crippen LogP contribution in [-0.2, 0) is 9.47 Å². The molecule has 3 fully saturated rings. The highest BCUT2D eigenvalue weighted by Gasteiger charge is 2.63. The molecule has 62 valence electrons. The van der Waals surface area contributed by atoms with Crippen LogP contribution in [0.5, 0.6) is 0 Å². The van der Waals surface area contributed by atoms with Crippen molar-refractivity contribution < 1.29 is 9.47 Å². The van der Waals surface area contributed by atoms with Crippen molar-refractivity contribution >= 4 is 0 Å². The lowest BCUT2D eigenvalue weighted by atomic mass is 9.77. The van der Waals surface area contributed by atoms with Crippen molar-refractivity contribution in [3.05, 3.63) is 0 Å². The van der Waals surface area contributed by atoms with E-state index in [0.717, 1.165) is 19.1 Å². The van der Waals surface area contributed by atoms with Gasteiger partial charge in [0.25, 0.3) is 0 Å². The van der Waals surface area contributed by atoms with Crippen LogP contribution in [0.4, 0.5) is 0 Å². The van der Waals surface area contributed by atoms with Gasteiger partial charge in [0, 0.05) is 6.61 Å². The molecule has 0 N–H and O–H groups in total. The molecule has 1 aliphatic carbocycles. The van der Waals surface area contributed by atoms with Crippen molar-refractivity contribution in [2.24, 2.45) is 5.92 Å². The summed E-state index contributed by atoms with van der Waals surface area (Å²) in [5, 5.41) is 0. The van der Waals surface area contributed by atoms with Gasteiger partial charge in [-0.1, -0.05) is 6.42 Å². The van der Waals surface area contributed by atoms with E-state index >= 15 is 0 Å². The monoisotopic (exact) mass is 154 g/mol. The van der Waals surface area contributed by atoms with Crippen LogP contribution in [0, 0.1) is 5.92 Å². The molecule has 2 saturated heterocycles. The van der Waals surface area contributed by atoms with Crippen LogP contribution in [0.15, 0.2) is 0 Å². The summed E-state index contributed by atoms with van der Waals surface area (Å²) in [5.74, 6) is 0.829. The molecule has 0 aromatic carbocycles. The summed E-state index contributed by atoms with van der Waals surface area (Å²) in [5.41, 5.74) is 0.219. The Hall–Kier alpha value is -0.0800. The summed E-state index contributed by atoms with van der Waals surface area (Å²) in [4.78, 5) is 0. The minimum absolute atomic E-state index is 0.219. The molecule has 1 spiro atoms. The molecule has 2 nitrogen and oxygen atoms in total. The van der Waals surface area contributed by atoms with E-state index in [9.17, 15) is 0 Å². The van der Waals surface area contributed by atoms with Gasteiger partial charge >= 0.3 is 0 Å². The predicted octanol–water partition coefficient (Wildman–Crippen LogP) is 1.34. The SMILES string of the molecule is C1CC2O[C@@]23COCC[C@@H]3C1. The van der Waals surface area contributed by atoms with Crippen molar-refractivity contribution in [3.8, 4) is 0 Å². The summed E-state index contributed by atoms with van der Waals surface area (Å²) in [6.45, 7) is 1.84. The second-order valence-electron chi connectivity index (χ2n) is 4.03. The molecule has 0 bridgehead atoms. The standard InChI is InChI=1S/C9H14O2/c1-2-7-4-5-10-6-9(7)8(3-1)11-9/h7-8H,1-6H2/t7-,8?,9+/m0/s1. The van der Waals surface area contributed by atoms with Gasteiger partial charge in [0.1, 0.15) is 5.60 Å². The van der Waals surface area contributed by atoms with E-state index in [2.05, 4.69) is 0 Å². The van der Waals surface area contributed by atoms with Crippen LogP contribution in [0.25, 0.3) is 0 Å². The van der Waals surface area contributed by atoms with Crippen LogP contribution in [0.3, 0.4) is 0 Å². The first-order valence-corrected chi connectivity index (χ1v) is 4.67. The quantitative estimate of drug-likeness (QED) is 0.491. The Balaban J connectivity index is 1.84. The molecule has 1 unspecified atom stereocenters. The molecular weight excluding hydrogens is 140 g/mol. The third-order valence-electron chi connectivity index (χ3n) is 3.50. The first kappa shape index (κ1) is 6.44. The molecule has 11 heavy (non-hydrogen) atoms. The zero-order valence-corrected chi connectivity index (χ0v) is 6.71. The number of hydrogen-bond donors (Lipinski definition) is 0. The molecule has 2 heterocycles. The fraction of sp³-hybridized carbons (Fsp3) is 1.00. The molecule has 0 aromatic heterocycles. The van der Waals surface area contributed by atoms with E-state index in [1.54, 1.807) is 0 Å². The molecule has 0 radical (unpaired) electrons. The highest BCUT2D eigenvalue weighted by atomic mass is 16.6. The van der Waals surface area contributed by atoms with Crippen LogP contribution < -0.4 is 0 Å². The van der Waals surface area contributed by atoms with Gasteiger partial charge < -0.3 is 9.47 Å². The van der Waals surface area contributed by atoms with E-state index in [1.165, 1.54) is 25.7 Å². The van der Waals surface area contributed by atoms with Gasteiger partial charge in [-0.15, -0.1) is 0 Å². The lowest BCUT2D eigenvalue weighted by Gasteiger charge is -2.32. The highest BCUT2D eigenvalue weighted by molar-refractivity contribution is 5.10. The molecule has 0 amide bonds. The third-order valence-corrected chi connectivity index (χ3v) is 3.50. The van der Waals surface area contributed by atoms with Crippen LogP contribution in [-0.4, -0.2) is 24.9 Å². The Morgan fingerprint density at radius 3 is 3.09 bits per heavy atom. The van der Waals surface area contributed by atoms with E-state index in [-0.39, 0.29) is 5.60 Å². The molecule has 2 heteroatoms. The van der Waals surface area contributed by atoms with Gasteiger partial charge in [-0.3, -0.25) is 0 Å². The maximum atomic E-state index is 5.74. The van der Waals surface area contributed by atoms with Crippen molar-refractivity contribution in [2.45, 2.75) is 37.4 Å². The van der Waals surface area contributed by atoms with Crippen molar-refractivity contribution in [3.63, 3.8) is 0 Å². The predicted molar refractivity (Wildman–Crippen MR) is 40.4 cm³/mol.